The highest BCUT2D eigenvalue weighted by Gasteiger charge is 2.22. The van der Waals surface area contributed by atoms with Crippen LogP contribution in [0.5, 0.6) is 0 Å². The summed E-state index contributed by atoms with van der Waals surface area (Å²) in [4.78, 5) is 29.6. The van der Waals surface area contributed by atoms with Crippen molar-refractivity contribution in [1.29, 1.82) is 0 Å². The molecular weight excluding hydrogens is 382 g/mol. The van der Waals surface area contributed by atoms with Gasteiger partial charge >= 0.3 is 0 Å². The number of hydrogen-bond acceptors (Lipinski definition) is 4. The Kier molecular flexibility index (Phi) is 7.80. The molecular formula is C20H26ClN3O2S. The zero-order valence-corrected chi connectivity index (χ0v) is 17.7. The van der Waals surface area contributed by atoms with Gasteiger partial charge in [0, 0.05) is 21.9 Å². The third-order valence-corrected chi connectivity index (χ3v) is 5.39. The van der Waals surface area contributed by atoms with Crippen molar-refractivity contribution < 1.29 is 9.59 Å². The highest BCUT2D eigenvalue weighted by molar-refractivity contribution is 7.09. The van der Waals surface area contributed by atoms with Crippen molar-refractivity contribution in [2.24, 2.45) is 5.92 Å². The monoisotopic (exact) mass is 407 g/mol. The van der Waals surface area contributed by atoms with E-state index < -0.39 is 6.04 Å². The van der Waals surface area contributed by atoms with E-state index in [2.05, 4.69) is 29.5 Å². The Balaban J connectivity index is 1.99. The normalized spacial score (nSPS) is 12.3. The molecule has 1 atom stereocenters. The van der Waals surface area contributed by atoms with E-state index in [0.29, 0.717) is 29.5 Å². The van der Waals surface area contributed by atoms with Gasteiger partial charge in [0.2, 0.25) is 5.91 Å². The van der Waals surface area contributed by atoms with Crippen LogP contribution >= 0.6 is 22.9 Å². The molecule has 7 heteroatoms. The second-order valence-electron chi connectivity index (χ2n) is 7.21. The third-order valence-electron chi connectivity index (χ3n) is 3.94. The minimum atomic E-state index is -0.601. The van der Waals surface area contributed by atoms with E-state index in [9.17, 15) is 9.59 Å². The summed E-state index contributed by atoms with van der Waals surface area (Å²) in [5.74, 6) is 0.137. The van der Waals surface area contributed by atoms with Crippen LogP contribution in [-0.2, 0) is 11.3 Å². The average molecular weight is 408 g/mol. The van der Waals surface area contributed by atoms with E-state index in [1.807, 2.05) is 19.2 Å². The summed E-state index contributed by atoms with van der Waals surface area (Å²) in [6.45, 7) is 8.57. The van der Waals surface area contributed by atoms with Crippen LogP contribution in [0.15, 0.2) is 29.6 Å². The Bertz CT molecular complexity index is 772. The predicted molar refractivity (Wildman–Crippen MR) is 110 cm³/mol. The first-order chi connectivity index (χ1) is 12.8. The number of carbonyl (C=O) groups excluding carboxylic acids is 2. The minimum Gasteiger partial charge on any atom is -0.349 e. The molecule has 1 aromatic carbocycles. The Morgan fingerprint density at radius 3 is 2.37 bits per heavy atom. The summed E-state index contributed by atoms with van der Waals surface area (Å²) in [5, 5.41) is 9.29. The lowest BCUT2D eigenvalue weighted by molar-refractivity contribution is -0.123. The fourth-order valence-corrected chi connectivity index (χ4v) is 3.48. The quantitative estimate of drug-likeness (QED) is 0.682. The standard InChI is InChI=1S/C20H26ClN3O2S/c1-12(2)9-17(24-18(25)14-5-7-15(21)8-6-14)19(26)22-10-16-11-27-20(23-16)13(3)4/h5-8,11-13,17H,9-10H2,1-4H3,(H,22,26)(H,24,25). The van der Waals surface area contributed by atoms with Crippen LogP contribution in [0.1, 0.15) is 61.1 Å². The number of nitrogens with one attached hydrogen (secondary N) is 2. The summed E-state index contributed by atoms with van der Waals surface area (Å²) in [6, 6.07) is 6.00. The van der Waals surface area contributed by atoms with Gasteiger partial charge in [-0.2, -0.15) is 0 Å². The van der Waals surface area contributed by atoms with Gasteiger partial charge in [-0.3, -0.25) is 9.59 Å². The molecule has 0 aliphatic carbocycles. The number of halogens is 1. The van der Waals surface area contributed by atoms with Crippen molar-refractivity contribution in [3.05, 3.63) is 50.9 Å². The van der Waals surface area contributed by atoms with E-state index in [0.717, 1.165) is 10.7 Å². The molecule has 0 fully saturated rings. The lowest BCUT2D eigenvalue weighted by Gasteiger charge is -2.20. The summed E-state index contributed by atoms with van der Waals surface area (Å²) in [7, 11) is 0. The van der Waals surface area contributed by atoms with Crippen LogP contribution < -0.4 is 10.6 Å². The number of aromatic nitrogens is 1. The summed E-state index contributed by atoms with van der Waals surface area (Å²) in [5.41, 5.74) is 1.31. The van der Waals surface area contributed by atoms with Crippen molar-refractivity contribution in [3.8, 4) is 0 Å². The number of thiazole rings is 1. The van der Waals surface area contributed by atoms with Gasteiger partial charge in [0.05, 0.1) is 17.2 Å². The highest BCUT2D eigenvalue weighted by atomic mass is 35.5. The van der Waals surface area contributed by atoms with E-state index >= 15 is 0 Å². The maximum absolute atomic E-state index is 12.6. The van der Waals surface area contributed by atoms with Crippen LogP contribution in [0.2, 0.25) is 5.02 Å². The lowest BCUT2D eigenvalue weighted by Crippen LogP contribution is -2.47. The van der Waals surface area contributed by atoms with Gasteiger partial charge in [-0.15, -0.1) is 11.3 Å². The second kappa shape index (κ2) is 9.85. The second-order valence-corrected chi connectivity index (χ2v) is 8.54. The smallest absolute Gasteiger partial charge is 0.251 e. The Morgan fingerprint density at radius 1 is 1.15 bits per heavy atom. The van der Waals surface area contributed by atoms with Gasteiger partial charge in [-0.05, 0) is 36.6 Å². The number of hydrogen-bond donors (Lipinski definition) is 2. The zero-order chi connectivity index (χ0) is 20.0. The van der Waals surface area contributed by atoms with Crippen LogP contribution in [-0.4, -0.2) is 22.8 Å². The third kappa shape index (κ3) is 6.63. The van der Waals surface area contributed by atoms with E-state index in [1.54, 1.807) is 35.6 Å². The molecule has 2 amide bonds. The zero-order valence-electron chi connectivity index (χ0n) is 16.1. The van der Waals surface area contributed by atoms with Gasteiger partial charge < -0.3 is 10.6 Å². The summed E-state index contributed by atoms with van der Waals surface area (Å²) < 4.78 is 0. The molecule has 27 heavy (non-hydrogen) atoms. The SMILES string of the molecule is CC(C)CC(NC(=O)c1ccc(Cl)cc1)C(=O)NCc1csc(C(C)C)n1. The number of carbonyl (C=O) groups is 2. The Morgan fingerprint density at radius 2 is 1.81 bits per heavy atom. The van der Waals surface area contributed by atoms with Gasteiger partial charge in [0.15, 0.2) is 0 Å². The maximum Gasteiger partial charge on any atom is 0.251 e. The van der Waals surface area contributed by atoms with Crippen molar-refractivity contribution in [2.45, 2.75) is 52.6 Å². The van der Waals surface area contributed by atoms with Crippen molar-refractivity contribution in [3.63, 3.8) is 0 Å². The molecule has 1 aromatic heterocycles. The number of amides is 2. The molecule has 0 saturated carbocycles. The molecule has 0 spiro atoms. The van der Waals surface area contributed by atoms with Gasteiger partial charge in [-0.1, -0.05) is 39.3 Å². The lowest BCUT2D eigenvalue weighted by atomic mass is 10.0. The molecule has 1 unspecified atom stereocenters. The summed E-state index contributed by atoms with van der Waals surface area (Å²) >= 11 is 7.46. The Labute approximate surface area is 169 Å². The first-order valence-electron chi connectivity index (χ1n) is 9.04. The van der Waals surface area contributed by atoms with Crippen molar-refractivity contribution in [2.75, 3.05) is 0 Å². The first-order valence-corrected chi connectivity index (χ1v) is 10.3. The van der Waals surface area contributed by atoms with Gasteiger partial charge in [-0.25, -0.2) is 4.98 Å². The first kappa shape index (κ1) is 21.4. The summed E-state index contributed by atoms with van der Waals surface area (Å²) in [6.07, 6.45) is 0.555. The molecule has 2 aromatic rings. The molecule has 1 heterocycles. The number of nitrogens with zero attached hydrogens (tertiary/aromatic N) is 1. The molecule has 5 nitrogen and oxygen atoms in total. The Hall–Kier alpha value is -1.92. The molecule has 146 valence electrons. The maximum atomic E-state index is 12.6. The average Bonchev–Trinajstić information content (AvgIpc) is 3.08. The highest BCUT2D eigenvalue weighted by Crippen LogP contribution is 2.19. The molecule has 0 saturated heterocycles. The van der Waals surface area contributed by atoms with Crippen molar-refractivity contribution in [1.82, 2.24) is 15.6 Å². The van der Waals surface area contributed by atoms with Gasteiger partial charge in [0.1, 0.15) is 6.04 Å². The fourth-order valence-electron chi connectivity index (χ4n) is 2.52. The van der Waals surface area contributed by atoms with Crippen LogP contribution in [0.4, 0.5) is 0 Å². The molecule has 0 aliphatic heterocycles. The topological polar surface area (TPSA) is 71.1 Å². The predicted octanol–water partition coefficient (Wildman–Crippen LogP) is 4.38. The number of rotatable bonds is 8. The molecule has 0 bridgehead atoms. The van der Waals surface area contributed by atoms with E-state index in [1.165, 1.54) is 0 Å². The molecule has 2 rings (SSSR count). The minimum absolute atomic E-state index is 0.204. The van der Waals surface area contributed by atoms with E-state index in [4.69, 9.17) is 11.6 Å². The molecule has 2 N–H and O–H groups in total. The van der Waals surface area contributed by atoms with Crippen molar-refractivity contribution >= 4 is 34.8 Å². The number of benzene rings is 1. The van der Waals surface area contributed by atoms with Crippen LogP contribution in [0.25, 0.3) is 0 Å². The molecule has 0 radical (unpaired) electrons. The van der Waals surface area contributed by atoms with E-state index in [-0.39, 0.29) is 17.7 Å². The van der Waals surface area contributed by atoms with Gasteiger partial charge in [0.25, 0.3) is 5.91 Å². The fraction of sp³-hybridized carbons (Fsp3) is 0.450. The largest absolute Gasteiger partial charge is 0.349 e. The molecule has 0 aliphatic rings. The van der Waals surface area contributed by atoms with Crippen LogP contribution in [0.3, 0.4) is 0 Å². The van der Waals surface area contributed by atoms with Crippen LogP contribution in [0, 0.1) is 5.92 Å².